The van der Waals surface area contributed by atoms with Crippen LogP contribution in [0.25, 0.3) is 0 Å². The molecule has 0 aliphatic rings. The molecule has 5 nitrogen and oxygen atoms in total. The summed E-state index contributed by atoms with van der Waals surface area (Å²) in [6.45, 7) is 1.30. The van der Waals surface area contributed by atoms with Crippen LogP contribution >= 0.6 is 35.3 Å². The molecule has 0 aliphatic carbocycles. The van der Waals surface area contributed by atoms with Gasteiger partial charge in [0.2, 0.25) is 0 Å². The van der Waals surface area contributed by atoms with E-state index in [-0.39, 0.29) is 24.2 Å². The lowest BCUT2D eigenvalue weighted by molar-refractivity contribution is 0.0796. The van der Waals surface area contributed by atoms with E-state index in [2.05, 4.69) is 10.6 Å². The molecule has 0 bridgehead atoms. The van der Waals surface area contributed by atoms with Gasteiger partial charge in [0.1, 0.15) is 0 Å². The van der Waals surface area contributed by atoms with E-state index in [4.69, 9.17) is 11.6 Å². The third-order valence-corrected chi connectivity index (χ3v) is 4.45. The van der Waals surface area contributed by atoms with E-state index in [1.165, 1.54) is 11.3 Å². The topological polar surface area (TPSA) is 61.4 Å². The van der Waals surface area contributed by atoms with E-state index in [0.29, 0.717) is 34.2 Å². The molecule has 2 aromatic rings. The predicted molar refractivity (Wildman–Crippen MR) is 102 cm³/mol. The molecule has 0 spiro atoms. The Morgan fingerprint density at radius 1 is 1.29 bits per heavy atom. The number of amides is 2. The van der Waals surface area contributed by atoms with Gasteiger partial charge in [0.25, 0.3) is 11.8 Å². The van der Waals surface area contributed by atoms with Crippen molar-refractivity contribution in [2.45, 2.75) is 0 Å². The van der Waals surface area contributed by atoms with Crippen LogP contribution < -0.4 is 10.6 Å². The molecule has 130 valence electrons. The lowest BCUT2D eigenvalue weighted by Gasteiger charge is -2.17. The summed E-state index contributed by atoms with van der Waals surface area (Å²) < 4.78 is 0. The number of rotatable bonds is 6. The van der Waals surface area contributed by atoms with Gasteiger partial charge in [-0.15, -0.1) is 23.7 Å². The van der Waals surface area contributed by atoms with E-state index in [9.17, 15) is 9.59 Å². The van der Waals surface area contributed by atoms with Crippen LogP contribution in [-0.2, 0) is 0 Å². The summed E-state index contributed by atoms with van der Waals surface area (Å²) >= 11 is 7.47. The average Bonchev–Trinajstić information content (AvgIpc) is 3.08. The fourth-order valence-corrected chi connectivity index (χ4v) is 2.73. The molecule has 0 aliphatic heterocycles. The summed E-state index contributed by atoms with van der Waals surface area (Å²) in [7, 11) is 3.57. The Kier molecular flexibility index (Phi) is 8.21. The number of nitrogens with one attached hydrogen (secondary N) is 2. The largest absolute Gasteiger partial charge is 0.340 e. The Bertz CT molecular complexity index is 693. The van der Waals surface area contributed by atoms with Crippen molar-refractivity contribution >= 4 is 52.8 Å². The Hall–Kier alpha value is -1.60. The second-order valence-corrected chi connectivity index (χ2v) is 6.31. The lowest BCUT2D eigenvalue weighted by atomic mass is 10.1. The molecule has 1 aromatic heterocycles. The number of hydrogen-bond donors (Lipinski definition) is 2. The SMILES string of the molecule is CNCCN(C)C(=O)c1ccc(Cl)c(NC(=O)c2cccs2)c1.Cl. The Balaban J connectivity index is 0.00000288. The van der Waals surface area contributed by atoms with Gasteiger partial charge in [0.05, 0.1) is 15.6 Å². The quantitative estimate of drug-likeness (QED) is 0.798. The molecule has 0 saturated carbocycles. The Labute approximate surface area is 156 Å². The van der Waals surface area contributed by atoms with Crippen molar-refractivity contribution in [1.29, 1.82) is 0 Å². The van der Waals surface area contributed by atoms with Crippen LogP contribution in [0.2, 0.25) is 5.02 Å². The van der Waals surface area contributed by atoms with Gasteiger partial charge >= 0.3 is 0 Å². The molecule has 2 amide bonds. The monoisotopic (exact) mass is 387 g/mol. The van der Waals surface area contributed by atoms with Crippen molar-refractivity contribution in [3.8, 4) is 0 Å². The maximum absolute atomic E-state index is 12.4. The van der Waals surface area contributed by atoms with Gasteiger partial charge in [-0.25, -0.2) is 0 Å². The van der Waals surface area contributed by atoms with E-state index in [0.717, 1.165) is 0 Å². The number of thiophene rings is 1. The molecular formula is C16H19Cl2N3O2S. The molecule has 2 N–H and O–H groups in total. The minimum absolute atomic E-state index is 0. The van der Waals surface area contributed by atoms with Gasteiger partial charge in [0, 0.05) is 25.7 Å². The molecule has 1 heterocycles. The van der Waals surface area contributed by atoms with Gasteiger partial charge in [-0.05, 0) is 36.7 Å². The summed E-state index contributed by atoms with van der Waals surface area (Å²) in [6.07, 6.45) is 0. The zero-order valence-corrected chi connectivity index (χ0v) is 15.7. The van der Waals surface area contributed by atoms with Crippen molar-refractivity contribution in [2.24, 2.45) is 0 Å². The van der Waals surface area contributed by atoms with Crippen molar-refractivity contribution in [3.05, 3.63) is 51.2 Å². The molecule has 8 heteroatoms. The standard InChI is InChI=1S/C16H18ClN3O2S.ClH/c1-18-7-8-20(2)16(22)11-5-6-12(17)13(10-11)19-15(21)14-4-3-9-23-14;/h3-6,9-10,18H,7-8H2,1-2H3,(H,19,21);1H. The van der Waals surface area contributed by atoms with Gasteiger partial charge in [0.15, 0.2) is 0 Å². The summed E-state index contributed by atoms with van der Waals surface area (Å²) in [6, 6.07) is 8.41. The van der Waals surface area contributed by atoms with Crippen molar-refractivity contribution in [2.75, 3.05) is 32.5 Å². The van der Waals surface area contributed by atoms with Crippen LogP contribution in [0.15, 0.2) is 35.7 Å². The van der Waals surface area contributed by atoms with Gasteiger partial charge in [-0.3, -0.25) is 9.59 Å². The zero-order chi connectivity index (χ0) is 16.8. The minimum Gasteiger partial charge on any atom is -0.340 e. The Morgan fingerprint density at radius 3 is 2.67 bits per heavy atom. The maximum atomic E-state index is 12.4. The first kappa shape index (κ1) is 20.4. The average molecular weight is 388 g/mol. The van der Waals surface area contributed by atoms with Gasteiger partial charge in [-0.1, -0.05) is 17.7 Å². The van der Waals surface area contributed by atoms with E-state index in [1.807, 2.05) is 12.4 Å². The third-order valence-electron chi connectivity index (χ3n) is 3.25. The summed E-state index contributed by atoms with van der Waals surface area (Å²) in [5.74, 6) is -0.362. The minimum atomic E-state index is -0.241. The molecule has 24 heavy (non-hydrogen) atoms. The van der Waals surface area contributed by atoms with E-state index >= 15 is 0 Å². The number of carbonyl (C=O) groups is 2. The second-order valence-electron chi connectivity index (χ2n) is 4.96. The zero-order valence-electron chi connectivity index (χ0n) is 13.3. The Morgan fingerprint density at radius 2 is 2.04 bits per heavy atom. The summed E-state index contributed by atoms with van der Waals surface area (Å²) in [5, 5.41) is 7.96. The van der Waals surface area contributed by atoms with Crippen LogP contribution in [0.5, 0.6) is 0 Å². The van der Waals surface area contributed by atoms with E-state index in [1.54, 1.807) is 42.3 Å². The molecule has 0 unspecified atom stereocenters. The number of benzene rings is 1. The molecule has 0 saturated heterocycles. The third kappa shape index (κ3) is 5.21. The van der Waals surface area contributed by atoms with Gasteiger partial charge < -0.3 is 15.5 Å². The lowest BCUT2D eigenvalue weighted by Crippen LogP contribution is -2.32. The molecule has 0 atom stereocenters. The molecule has 1 aromatic carbocycles. The van der Waals surface area contributed by atoms with Crippen molar-refractivity contribution < 1.29 is 9.59 Å². The molecular weight excluding hydrogens is 369 g/mol. The highest BCUT2D eigenvalue weighted by Gasteiger charge is 2.15. The number of carbonyl (C=O) groups excluding carboxylic acids is 2. The van der Waals surface area contributed by atoms with Crippen LogP contribution in [0.3, 0.4) is 0 Å². The first-order valence-electron chi connectivity index (χ1n) is 7.07. The molecule has 0 radical (unpaired) electrons. The summed E-state index contributed by atoms with van der Waals surface area (Å²) in [5.41, 5.74) is 0.910. The first-order valence-corrected chi connectivity index (χ1v) is 8.33. The van der Waals surface area contributed by atoms with Crippen LogP contribution in [0.1, 0.15) is 20.0 Å². The highest BCUT2D eigenvalue weighted by atomic mass is 35.5. The van der Waals surface area contributed by atoms with Crippen molar-refractivity contribution in [3.63, 3.8) is 0 Å². The van der Waals surface area contributed by atoms with Gasteiger partial charge in [-0.2, -0.15) is 0 Å². The van der Waals surface area contributed by atoms with Crippen LogP contribution in [0, 0.1) is 0 Å². The number of likely N-dealkylation sites (N-methyl/N-ethyl adjacent to an activating group) is 2. The number of hydrogen-bond acceptors (Lipinski definition) is 4. The molecule has 0 fully saturated rings. The van der Waals surface area contributed by atoms with Crippen LogP contribution in [0.4, 0.5) is 5.69 Å². The second kappa shape index (κ2) is 9.64. The fraction of sp³-hybridized carbons (Fsp3) is 0.250. The summed E-state index contributed by atoms with van der Waals surface area (Å²) in [4.78, 5) is 26.7. The predicted octanol–water partition coefficient (Wildman–Crippen LogP) is 3.37. The fourth-order valence-electron chi connectivity index (χ4n) is 1.95. The van der Waals surface area contributed by atoms with Crippen molar-refractivity contribution in [1.82, 2.24) is 10.2 Å². The molecule has 2 rings (SSSR count). The highest BCUT2D eigenvalue weighted by Crippen LogP contribution is 2.25. The number of nitrogens with zero attached hydrogens (tertiary/aromatic N) is 1. The van der Waals surface area contributed by atoms with E-state index < -0.39 is 0 Å². The highest BCUT2D eigenvalue weighted by molar-refractivity contribution is 7.12. The number of anilines is 1. The van der Waals surface area contributed by atoms with Crippen LogP contribution in [-0.4, -0.2) is 43.9 Å². The smallest absolute Gasteiger partial charge is 0.265 e. The first-order chi connectivity index (χ1) is 11.0. The normalized spacial score (nSPS) is 9.96. The number of halogens is 2. The maximum Gasteiger partial charge on any atom is 0.265 e.